The number of rotatable bonds is 7. The van der Waals surface area contributed by atoms with Gasteiger partial charge in [0.05, 0.1) is 6.10 Å². The molecule has 0 amide bonds. The Morgan fingerprint density at radius 3 is 2.73 bits per heavy atom. The third kappa shape index (κ3) is 4.44. The summed E-state index contributed by atoms with van der Waals surface area (Å²) in [7, 11) is 0. The Labute approximate surface area is 90.0 Å². The number of aliphatic hydroxyl groups excluding tert-OH is 1. The molecule has 0 radical (unpaired) electrons. The van der Waals surface area contributed by atoms with Crippen molar-refractivity contribution in [3.05, 3.63) is 11.6 Å². The maximum Gasteiger partial charge on any atom is 0.331 e. The maximum atomic E-state index is 10.6. The topological polar surface area (TPSA) is 69.6 Å². The fourth-order valence-electron chi connectivity index (χ4n) is 1.46. The van der Waals surface area contributed by atoms with E-state index in [0.717, 1.165) is 12.8 Å². The molecule has 3 N–H and O–H groups in total. The lowest BCUT2D eigenvalue weighted by atomic mass is 10.2. The zero-order valence-corrected chi connectivity index (χ0v) is 9.07. The molecule has 1 unspecified atom stereocenters. The first-order chi connectivity index (χ1) is 7.15. The van der Waals surface area contributed by atoms with E-state index >= 15 is 0 Å². The molecule has 1 aliphatic rings. The number of carbonyl (C=O) groups is 1. The first-order valence-electron chi connectivity index (χ1n) is 5.46. The van der Waals surface area contributed by atoms with Crippen molar-refractivity contribution in [2.24, 2.45) is 5.92 Å². The van der Waals surface area contributed by atoms with E-state index in [4.69, 9.17) is 5.11 Å². The number of nitrogens with one attached hydrogen (secondary N) is 1. The van der Waals surface area contributed by atoms with Crippen molar-refractivity contribution in [1.82, 2.24) is 5.32 Å². The normalized spacial score (nSPS) is 18.9. The highest BCUT2D eigenvalue weighted by Crippen LogP contribution is 2.32. The molecule has 0 spiro atoms. The third-order valence-electron chi connectivity index (χ3n) is 2.67. The fraction of sp³-hybridized carbons (Fsp3) is 0.727. The molecule has 0 saturated heterocycles. The molecule has 86 valence electrons. The van der Waals surface area contributed by atoms with Gasteiger partial charge in [0.2, 0.25) is 0 Å². The summed E-state index contributed by atoms with van der Waals surface area (Å²) in [5, 5.41) is 21.3. The molecule has 0 aromatic rings. The largest absolute Gasteiger partial charge is 0.478 e. The smallest absolute Gasteiger partial charge is 0.331 e. The maximum absolute atomic E-state index is 10.6. The third-order valence-corrected chi connectivity index (χ3v) is 2.67. The quantitative estimate of drug-likeness (QED) is 0.431. The molecule has 4 heteroatoms. The summed E-state index contributed by atoms with van der Waals surface area (Å²) in [6.45, 7) is 2.88. The zero-order chi connectivity index (χ0) is 11.3. The monoisotopic (exact) mass is 213 g/mol. The highest BCUT2D eigenvalue weighted by atomic mass is 16.4. The van der Waals surface area contributed by atoms with Crippen LogP contribution in [0, 0.1) is 5.92 Å². The van der Waals surface area contributed by atoms with Crippen LogP contribution in [-0.2, 0) is 4.79 Å². The second-order valence-corrected chi connectivity index (χ2v) is 3.95. The van der Waals surface area contributed by atoms with Crippen LogP contribution in [0.25, 0.3) is 0 Å². The van der Waals surface area contributed by atoms with Crippen molar-refractivity contribution in [1.29, 1.82) is 0 Å². The van der Waals surface area contributed by atoms with Crippen LogP contribution < -0.4 is 5.32 Å². The Kier molecular flexibility index (Phi) is 4.78. The van der Waals surface area contributed by atoms with Crippen LogP contribution >= 0.6 is 0 Å². The van der Waals surface area contributed by atoms with E-state index in [1.165, 1.54) is 0 Å². The summed E-state index contributed by atoms with van der Waals surface area (Å²) < 4.78 is 0. The first kappa shape index (κ1) is 12.2. The van der Waals surface area contributed by atoms with Crippen LogP contribution in [0.5, 0.6) is 0 Å². The molecule has 1 rings (SSSR count). The highest BCUT2D eigenvalue weighted by Gasteiger charge is 2.28. The molecular weight excluding hydrogens is 194 g/mol. The van der Waals surface area contributed by atoms with Gasteiger partial charge >= 0.3 is 5.97 Å². The highest BCUT2D eigenvalue weighted by molar-refractivity contribution is 5.86. The minimum atomic E-state index is -0.859. The molecule has 1 aliphatic carbocycles. The predicted octanol–water partition coefficient (Wildman–Crippen LogP) is 0.768. The minimum absolute atomic E-state index is 0.270. The fourth-order valence-corrected chi connectivity index (χ4v) is 1.46. The van der Waals surface area contributed by atoms with Gasteiger partial charge in [-0.2, -0.15) is 0 Å². The molecule has 1 fully saturated rings. The van der Waals surface area contributed by atoms with Gasteiger partial charge in [0.15, 0.2) is 0 Å². The summed E-state index contributed by atoms with van der Waals surface area (Å²) in [5.74, 6) is -0.395. The average molecular weight is 213 g/mol. The second-order valence-electron chi connectivity index (χ2n) is 3.95. The Hall–Kier alpha value is -0.870. The Bertz CT molecular complexity index is 246. The van der Waals surface area contributed by atoms with E-state index in [2.05, 4.69) is 5.32 Å². The van der Waals surface area contributed by atoms with Gasteiger partial charge in [0.1, 0.15) is 0 Å². The van der Waals surface area contributed by atoms with Crippen LogP contribution in [-0.4, -0.2) is 35.4 Å². The van der Waals surface area contributed by atoms with Crippen molar-refractivity contribution < 1.29 is 15.0 Å². The second kappa shape index (κ2) is 5.88. The molecule has 0 aromatic heterocycles. The molecule has 1 atom stereocenters. The number of hydrogen-bond acceptors (Lipinski definition) is 3. The summed E-state index contributed by atoms with van der Waals surface area (Å²) in [5.41, 5.74) is 0.420. The van der Waals surface area contributed by atoms with Crippen molar-refractivity contribution in [2.45, 2.75) is 32.3 Å². The van der Waals surface area contributed by atoms with Gasteiger partial charge < -0.3 is 15.5 Å². The summed E-state index contributed by atoms with van der Waals surface area (Å²) in [4.78, 5) is 10.6. The van der Waals surface area contributed by atoms with Crippen molar-refractivity contribution in [3.63, 3.8) is 0 Å². The number of hydrogen-bond donors (Lipinski definition) is 3. The van der Waals surface area contributed by atoms with Gasteiger partial charge in [0.25, 0.3) is 0 Å². The van der Waals surface area contributed by atoms with E-state index in [-0.39, 0.29) is 6.10 Å². The molecule has 15 heavy (non-hydrogen) atoms. The summed E-state index contributed by atoms with van der Waals surface area (Å²) >= 11 is 0. The summed E-state index contributed by atoms with van der Waals surface area (Å²) in [6, 6.07) is 0. The number of aliphatic hydroxyl groups is 1. The molecule has 0 bridgehead atoms. The van der Waals surface area contributed by atoms with Crippen LogP contribution in [0.15, 0.2) is 11.6 Å². The van der Waals surface area contributed by atoms with Gasteiger partial charge in [-0.15, -0.1) is 0 Å². The molecule has 4 nitrogen and oxygen atoms in total. The molecule has 0 heterocycles. The van der Waals surface area contributed by atoms with Crippen molar-refractivity contribution in [3.8, 4) is 0 Å². The lowest BCUT2D eigenvalue weighted by Crippen LogP contribution is -2.28. The molecule has 0 aliphatic heterocycles. The van der Waals surface area contributed by atoms with Crippen LogP contribution in [0.4, 0.5) is 0 Å². The first-order valence-corrected chi connectivity index (χ1v) is 5.46. The van der Waals surface area contributed by atoms with E-state index in [0.29, 0.717) is 31.0 Å². The Morgan fingerprint density at radius 1 is 1.60 bits per heavy atom. The molecule has 0 aromatic carbocycles. The predicted molar refractivity (Wildman–Crippen MR) is 57.6 cm³/mol. The van der Waals surface area contributed by atoms with Gasteiger partial charge in [-0.25, -0.2) is 4.79 Å². The SMILES string of the molecule is CCC(=CCNCC(O)C1CC1)C(=O)O. The average Bonchev–Trinajstić information content (AvgIpc) is 3.00. The van der Waals surface area contributed by atoms with Gasteiger partial charge in [0, 0.05) is 18.7 Å². The lowest BCUT2D eigenvalue weighted by molar-refractivity contribution is -0.132. The van der Waals surface area contributed by atoms with E-state index in [1.54, 1.807) is 6.08 Å². The number of aliphatic carboxylic acids is 1. The van der Waals surface area contributed by atoms with Crippen LogP contribution in [0.1, 0.15) is 26.2 Å². The molecule has 1 saturated carbocycles. The van der Waals surface area contributed by atoms with Gasteiger partial charge in [-0.3, -0.25) is 0 Å². The van der Waals surface area contributed by atoms with E-state index in [9.17, 15) is 9.90 Å². The van der Waals surface area contributed by atoms with Gasteiger partial charge in [-0.1, -0.05) is 13.0 Å². The van der Waals surface area contributed by atoms with Gasteiger partial charge in [-0.05, 0) is 25.2 Å². The number of carboxylic acid groups (broad SMARTS) is 1. The Balaban J connectivity index is 2.15. The lowest BCUT2D eigenvalue weighted by Gasteiger charge is -2.09. The van der Waals surface area contributed by atoms with Crippen molar-refractivity contribution >= 4 is 5.97 Å². The standard InChI is InChI=1S/C11H19NO3/c1-2-8(11(14)15)5-6-12-7-10(13)9-3-4-9/h5,9-10,12-13H,2-4,6-7H2,1H3,(H,14,15). The Morgan fingerprint density at radius 2 is 2.27 bits per heavy atom. The minimum Gasteiger partial charge on any atom is -0.478 e. The van der Waals surface area contributed by atoms with E-state index in [1.807, 2.05) is 6.92 Å². The summed E-state index contributed by atoms with van der Waals surface area (Å²) in [6.07, 6.45) is 4.17. The number of carboxylic acids is 1. The zero-order valence-electron chi connectivity index (χ0n) is 9.07. The van der Waals surface area contributed by atoms with Crippen LogP contribution in [0.3, 0.4) is 0 Å². The van der Waals surface area contributed by atoms with Crippen LogP contribution in [0.2, 0.25) is 0 Å². The molecular formula is C11H19NO3. The van der Waals surface area contributed by atoms with Crippen molar-refractivity contribution in [2.75, 3.05) is 13.1 Å². The van der Waals surface area contributed by atoms with E-state index < -0.39 is 5.97 Å².